The van der Waals surface area contributed by atoms with Crippen molar-refractivity contribution in [1.29, 1.82) is 0 Å². The number of hydrogen-bond acceptors (Lipinski definition) is 4. The molecular weight excluding hydrogens is 414 g/mol. The van der Waals surface area contributed by atoms with E-state index in [1.54, 1.807) is 54.6 Å². The van der Waals surface area contributed by atoms with Crippen molar-refractivity contribution in [1.82, 2.24) is 5.32 Å². The van der Waals surface area contributed by atoms with E-state index in [1.165, 1.54) is 0 Å². The lowest BCUT2D eigenvalue weighted by molar-refractivity contribution is -0.120. The molecule has 0 atom stereocenters. The zero-order valence-corrected chi connectivity index (χ0v) is 17.1. The molecule has 31 heavy (non-hydrogen) atoms. The van der Waals surface area contributed by atoms with Gasteiger partial charge in [-0.1, -0.05) is 60.1 Å². The molecule has 0 fully saturated rings. The van der Waals surface area contributed by atoms with Crippen molar-refractivity contribution >= 4 is 40.7 Å². The molecule has 0 aromatic heterocycles. The van der Waals surface area contributed by atoms with Gasteiger partial charge in [-0.2, -0.15) is 0 Å². The zero-order chi connectivity index (χ0) is 21.8. The van der Waals surface area contributed by atoms with Crippen LogP contribution in [-0.2, 0) is 16.1 Å². The van der Waals surface area contributed by atoms with E-state index in [9.17, 15) is 14.4 Å². The Kier molecular flexibility index (Phi) is 5.82. The fourth-order valence-corrected chi connectivity index (χ4v) is 3.37. The molecule has 1 aliphatic heterocycles. The summed E-state index contributed by atoms with van der Waals surface area (Å²) in [5.41, 5.74) is 2.45. The second kappa shape index (κ2) is 8.85. The number of benzene rings is 3. The van der Waals surface area contributed by atoms with Crippen LogP contribution in [0, 0.1) is 0 Å². The maximum Gasteiger partial charge on any atom is 0.283 e. The Morgan fingerprint density at radius 3 is 2.06 bits per heavy atom. The highest BCUT2D eigenvalue weighted by Gasteiger charge is 2.38. The van der Waals surface area contributed by atoms with Crippen LogP contribution in [0.15, 0.2) is 95.7 Å². The van der Waals surface area contributed by atoms with Crippen LogP contribution >= 0.6 is 11.6 Å². The van der Waals surface area contributed by atoms with E-state index < -0.39 is 11.8 Å². The molecule has 1 heterocycles. The lowest BCUT2D eigenvalue weighted by Gasteiger charge is -2.15. The van der Waals surface area contributed by atoms with E-state index >= 15 is 0 Å². The zero-order valence-electron chi connectivity index (χ0n) is 16.3. The van der Waals surface area contributed by atoms with Gasteiger partial charge < -0.3 is 10.6 Å². The van der Waals surface area contributed by atoms with Gasteiger partial charge in [0.05, 0.1) is 5.69 Å². The molecule has 3 amide bonds. The number of imide groups is 1. The molecule has 0 bridgehead atoms. The molecule has 3 aromatic rings. The largest absolute Gasteiger partial charge is 0.350 e. The Bertz CT molecular complexity index is 1160. The first-order valence-electron chi connectivity index (χ1n) is 9.57. The highest BCUT2D eigenvalue weighted by Crippen LogP contribution is 2.29. The van der Waals surface area contributed by atoms with Gasteiger partial charge in [0.15, 0.2) is 0 Å². The van der Waals surface area contributed by atoms with Gasteiger partial charge in [0.25, 0.3) is 17.7 Å². The van der Waals surface area contributed by atoms with Gasteiger partial charge in [0, 0.05) is 17.8 Å². The minimum atomic E-state index is -0.586. The van der Waals surface area contributed by atoms with Crippen LogP contribution < -0.4 is 15.5 Å². The fraction of sp³-hybridized carbons (Fsp3) is 0.0417. The average Bonchev–Trinajstić information content (AvgIpc) is 3.02. The topological polar surface area (TPSA) is 78.5 Å². The molecule has 154 valence electrons. The summed E-state index contributed by atoms with van der Waals surface area (Å²) in [6.07, 6.45) is 0. The van der Waals surface area contributed by atoms with Crippen molar-refractivity contribution < 1.29 is 14.4 Å². The Balaban J connectivity index is 1.43. The normalized spacial score (nSPS) is 13.5. The quantitative estimate of drug-likeness (QED) is 0.577. The Morgan fingerprint density at radius 1 is 0.806 bits per heavy atom. The summed E-state index contributed by atoms with van der Waals surface area (Å²) >= 11 is 6.14. The monoisotopic (exact) mass is 431 g/mol. The first kappa shape index (κ1) is 20.4. The minimum Gasteiger partial charge on any atom is -0.350 e. The van der Waals surface area contributed by atoms with Crippen LogP contribution in [0.2, 0.25) is 0 Å². The highest BCUT2D eigenvalue weighted by atomic mass is 35.5. The van der Waals surface area contributed by atoms with E-state index in [2.05, 4.69) is 10.6 Å². The summed E-state index contributed by atoms with van der Waals surface area (Å²) in [6.45, 7) is 0.425. The van der Waals surface area contributed by atoms with E-state index in [0.29, 0.717) is 23.5 Å². The van der Waals surface area contributed by atoms with Gasteiger partial charge in [0.2, 0.25) is 0 Å². The molecule has 0 saturated heterocycles. The van der Waals surface area contributed by atoms with Crippen molar-refractivity contribution in [3.63, 3.8) is 0 Å². The molecule has 0 spiro atoms. The van der Waals surface area contributed by atoms with Crippen molar-refractivity contribution in [3.05, 3.63) is 107 Å². The third kappa shape index (κ3) is 4.34. The first-order valence-corrected chi connectivity index (χ1v) is 9.95. The third-order valence-electron chi connectivity index (χ3n) is 4.75. The number of carbonyl (C=O) groups excluding carboxylic acids is 3. The van der Waals surface area contributed by atoms with Crippen LogP contribution in [0.1, 0.15) is 15.9 Å². The van der Waals surface area contributed by atoms with Crippen LogP contribution in [-0.4, -0.2) is 17.7 Å². The molecule has 0 radical (unpaired) electrons. The van der Waals surface area contributed by atoms with Gasteiger partial charge in [-0.05, 0) is 42.0 Å². The number of anilines is 2. The van der Waals surface area contributed by atoms with Crippen molar-refractivity contribution in [3.8, 4) is 0 Å². The summed E-state index contributed by atoms with van der Waals surface area (Å²) in [5.74, 6) is -1.34. The predicted molar refractivity (Wildman–Crippen MR) is 119 cm³/mol. The van der Waals surface area contributed by atoms with Crippen LogP contribution in [0.25, 0.3) is 0 Å². The molecule has 0 saturated carbocycles. The summed E-state index contributed by atoms with van der Waals surface area (Å²) in [4.78, 5) is 38.6. The van der Waals surface area contributed by atoms with Crippen LogP contribution in [0.3, 0.4) is 0 Å². The van der Waals surface area contributed by atoms with Gasteiger partial charge in [-0.3, -0.25) is 14.4 Å². The van der Waals surface area contributed by atoms with Gasteiger partial charge in [0.1, 0.15) is 10.7 Å². The fourth-order valence-electron chi connectivity index (χ4n) is 3.15. The Hall–Kier alpha value is -3.90. The summed E-state index contributed by atoms with van der Waals surface area (Å²) in [5, 5.41) is 5.57. The van der Waals surface area contributed by atoms with E-state index in [0.717, 1.165) is 10.5 Å². The minimum absolute atomic E-state index is 0.00296. The molecular formula is C24H18ClN3O3. The number of halogens is 1. The van der Waals surface area contributed by atoms with Crippen molar-refractivity contribution in [2.24, 2.45) is 0 Å². The molecule has 3 aromatic carbocycles. The van der Waals surface area contributed by atoms with E-state index in [4.69, 9.17) is 11.6 Å². The lowest BCUT2D eigenvalue weighted by Crippen LogP contribution is -2.32. The van der Waals surface area contributed by atoms with E-state index in [-0.39, 0.29) is 16.6 Å². The van der Waals surface area contributed by atoms with Gasteiger partial charge in [-0.25, -0.2) is 4.90 Å². The highest BCUT2D eigenvalue weighted by molar-refractivity contribution is 6.53. The number of amides is 3. The standard InChI is InChI=1S/C24H18ClN3O3/c25-20-21(24(31)28(23(20)30)19-9-5-2-6-10-19)27-18-13-11-17(12-14-18)22(29)26-15-16-7-3-1-4-8-16/h1-14,27H,15H2,(H,26,29). The van der Waals surface area contributed by atoms with E-state index in [1.807, 2.05) is 30.3 Å². The summed E-state index contributed by atoms with van der Waals surface area (Å²) < 4.78 is 0. The lowest BCUT2D eigenvalue weighted by atomic mass is 10.1. The smallest absolute Gasteiger partial charge is 0.283 e. The molecule has 7 heteroatoms. The van der Waals surface area contributed by atoms with Gasteiger partial charge in [-0.15, -0.1) is 0 Å². The number of carbonyl (C=O) groups is 3. The second-order valence-corrected chi connectivity index (χ2v) is 7.22. The average molecular weight is 432 g/mol. The molecule has 0 aliphatic carbocycles. The van der Waals surface area contributed by atoms with Crippen LogP contribution in [0.5, 0.6) is 0 Å². The molecule has 0 unspecified atom stereocenters. The second-order valence-electron chi connectivity index (χ2n) is 6.84. The Labute approximate surface area is 184 Å². The summed E-state index contributed by atoms with van der Waals surface area (Å²) in [6, 6.07) is 24.7. The summed E-state index contributed by atoms with van der Waals surface area (Å²) in [7, 11) is 0. The molecule has 6 nitrogen and oxygen atoms in total. The molecule has 2 N–H and O–H groups in total. The van der Waals surface area contributed by atoms with Gasteiger partial charge >= 0.3 is 0 Å². The number of rotatable bonds is 6. The first-order chi connectivity index (χ1) is 15.0. The predicted octanol–water partition coefficient (Wildman–Crippen LogP) is 4.05. The maximum atomic E-state index is 12.8. The van der Waals surface area contributed by atoms with Crippen molar-refractivity contribution in [2.45, 2.75) is 6.54 Å². The number of hydrogen-bond donors (Lipinski definition) is 2. The molecule has 1 aliphatic rings. The molecule has 4 rings (SSSR count). The third-order valence-corrected chi connectivity index (χ3v) is 5.10. The number of nitrogens with zero attached hydrogens (tertiary/aromatic N) is 1. The number of nitrogens with one attached hydrogen (secondary N) is 2. The Morgan fingerprint density at radius 2 is 1.42 bits per heavy atom. The SMILES string of the molecule is O=C(NCc1ccccc1)c1ccc(NC2=C(Cl)C(=O)N(c3ccccc3)C2=O)cc1. The maximum absolute atomic E-state index is 12.8. The van der Waals surface area contributed by atoms with Crippen LogP contribution in [0.4, 0.5) is 11.4 Å². The number of para-hydroxylation sites is 1. The van der Waals surface area contributed by atoms with Crippen molar-refractivity contribution in [2.75, 3.05) is 10.2 Å².